The lowest BCUT2D eigenvalue weighted by Crippen LogP contribution is -2.33. The van der Waals surface area contributed by atoms with Gasteiger partial charge >= 0.3 is 5.97 Å². The van der Waals surface area contributed by atoms with E-state index in [0.717, 1.165) is 0 Å². The summed E-state index contributed by atoms with van der Waals surface area (Å²) in [6.45, 7) is 1.82. The Bertz CT molecular complexity index is 862. The number of hydrogen-bond donors (Lipinski definition) is 1. The lowest BCUT2D eigenvalue weighted by Gasteiger charge is -2.29. The second-order valence-corrected chi connectivity index (χ2v) is 6.20. The van der Waals surface area contributed by atoms with Crippen molar-refractivity contribution in [1.29, 1.82) is 0 Å². The Morgan fingerprint density at radius 1 is 1.36 bits per heavy atom. The Balaban J connectivity index is 2.61. The monoisotopic (exact) mass is 385 g/mol. The van der Waals surface area contributed by atoms with Gasteiger partial charge in [0.05, 0.1) is 13.2 Å². The van der Waals surface area contributed by atoms with Crippen molar-refractivity contribution in [3.8, 4) is 5.75 Å². The standard InChI is InChI=1S/C16H17Cl2N3O4/c1-8(11-9(17)6-5-7-10(11)18)20(2)16-19-12(15(23)24)13(25-4)14(22)21(16)3/h5-8H,1-4H3,(H,23,24). The number of rotatable bonds is 5. The van der Waals surface area contributed by atoms with Crippen LogP contribution in [0.15, 0.2) is 23.0 Å². The number of methoxy groups -OCH3 is 1. The van der Waals surface area contributed by atoms with Gasteiger partial charge in [0.1, 0.15) is 0 Å². The number of halogens is 2. The Morgan fingerprint density at radius 3 is 2.40 bits per heavy atom. The zero-order valence-electron chi connectivity index (χ0n) is 14.1. The lowest BCUT2D eigenvalue weighted by atomic mass is 10.1. The van der Waals surface area contributed by atoms with E-state index in [-0.39, 0.29) is 17.7 Å². The molecule has 1 aromatic carbocycles. The Kier molecular flexibility index (Phi) is 5.59. The van der Waals surface area contributed by atoms with Gasteiger partial charge in [-0.05, 0) is 19.1 Å². The van der Waals surface area contributed by atoms with Crippen LogP contribution in [0.1, 0.15) is 29.0 Å². The predicted molar refractivity (Wildman–Crippen MR) is 96.3 cm³/mol. The average molecular weight is 386 g/mol. The number of carboxylic acids is 1. The molecule has 0 aliphatic heterocycles. The molecule has 134 valence electrons. The average Bonchev–Trinajstić information content (AvgIpc) is 2.55. The van der Waals surface area contributed by atoms with Gasteiger partial charge in [-0.15, -0.1) is 0 Å². The number of hydrogen-bond acceptors (Lipinski definition) is 5. The molecule has 1 aromatic heterocycles. The molecule has 0 fully saturated rings. The first-order chi connectivity index (χ1) is 11.7. The van der Waals surface area contributed by atoms with Crippen LogP contribution in [0.4, 0.5) is 5.95 Å². The Hall–Kier alpha value is -2.25. The maximum absolute atomic E-state index is 12.4. The third-order valence-electron chi connectivity index (χ3n) is 3.95. The molecule has 1 heterocycles. The third-order valence-corrected chi connectivity index (χ3v) is 4.61. The van der Waals surface area contributed by atoms with E-state index in [1.807, 2.05) is 6.92 Å². The summed E-state index contributed by atoms with van der Waals surface area (Å²) in [5.74, 6) is -1.53. The molecule has 1 unspecified atom stereocenters. The van der Waals surface area contributed by atoms with Crippen LogP contribution in [0.5, 0.6) is 5.75 Å². The van der Waals surface area contributed by atoms with Crippen LogP contribution in [0.3, 0.4) is 0 Å². The molecule has 7 nitrogen and oxygen atoms in total. The van der Waals surface area contributed by atoms with Gasteiger partial charge in [0.25, 0.3) is 5.56 Å². The number of carboxylic acid groups (broad SMARTS) is 1. The van der Waals surface area contributed by atoms with Crippen LogP contribution in [-0.4, -0.2) is 34.8 Å². The molecule has 0 bridgehead atoms. The van der Waals surface area contributed by atoms with Gasteiger partial charge in [-0.3, -0.25) is 9.36 Å². The van der Waals surface area contributed by atoms with Crippen LogP contribution in [-0.2, 0) is 7.05 Å². The molecule has 0 saturated carbocycles. The Labute approximate surface area is 154 Å². The van der Waals surface area contributed by atoms with Crippen LogP contribution in [0, 0.1) is 0 Å². The maximum atomic E-state index is 12.4. The van der Waals surface area contributed by atoms with Crippen LogP contribution in [0.25, 0.3) is 0 Å². The van der Waals surface area contributed by atoms with E-state index in [0.29, 0.717) is 15.6 Å². The largest absolute Gasteiger partial charge is 0.489 e. The van der Waals surface area contributed by atoms with Gasteiger partial charge in [-0.25, -0.2) is 9.78 Å². The molecule has 2 rings (SSSR count). The summed E-state index contributed by atoms with van der Waals surface area (Å²) in [5, 5.41) is 10.2. The highest BCUT2D eigenvalue weighted by Crippen LogP contribution is 2.34. The van der Waals surface area contributed by atoms with Gasteiger partial charge in [0.2, 0.25) is 11.7 Å². The first-order valence-corrected chi connectivity index (χ1v) is 8.01. The summed E-state index contributed by atoms with van der Waals surface area (Å²) in [6.07, 6.45) is 0. The first kappa shape index (κ1) is 19.1. The normalized spacial score (nSPS) is 11.9. The predicted octanol–water partition coefficient (Wildman–Crippen LogP) is 2.99. The molecule has 0 saturated heterocycles. The van der Waals surface area contributed by atoms with Crippen molar-refractivity contribution in [2.24, 2.45) is 7.05 Å². The van der Waals surface area contributed by atoms with Crippen molar-refractivity contribution in [1.82, 2.24) is 9.55 Å². The van der Waals surface area contributed by atoms with E-state index in [9.17, 15) is 14.7 Å². The van der Waals surface area contributed by atoms with Gasteiger partial charge in [0.15, 0.2) is 5.69 Å². The zero-order valence-corrected chi connectivity index (χ0v) is 15.6. The minimum absolute atomic E-state index is 0.145. The number of aromatic nitrogens is 2. The van der Waals surface area contributed by atoms with Gasteiger partial charge < -0.3 is 14.7 Å². The highest BCUT2D eigenvalue weighted by atomic mass is 35.5. The summed E-state index contributed by atoms with van der Waals surface area (Å²) < 4.78 is 6.11. The van der Waals surface area contributed by atoms with Crippen molar-refractivity contribution in [3.63, 3.8) is 0 Å². The number of carbonyl (C=O) groups is 1. The quantitative estimate of drug-likeness (QED) is 0.851. The van der Waals surface area contributed by atoms with E-state index in [1.54, 1.807) is 30.1 Å². The maximum Gasteiger partial charge on any atom is 0.358 e. The molecule has 9 heteroatoms. The minimum Gasteiger partial charge on any atom is -0.489 e. The van der Waals surface area contributed by atoms with Crippen LogP contribution >= 0.6 is 23.2 Å². The lowest BCUT2D eigenvalue weighted by molar-refractivity contribution is 0.0685. The van der Waals surface area contributed by atoms with Crippen LogP contribution in [0.2, 0.25) is 10.0 Å². The number of anilines is 1. The van der Waals surface area contributed by atoms with Crippen molar-refractivity contribution >= 4 is 35.1 Å². The van der Waals surface area contributed by atoms with E-state index < -0.39 is 17.2 Å². The van der Waals surface area contributed by atoms with Crippen molar-refractivity contribution < 1.29 is 14.6 Å². The number of nitrogens with zero attached hydrogens (tertiary/aromatic N) is 3. The molecule has 1 atom stereocenters. The van der Waals surface area contributed by atoms with Crippen molar-refractivity contribution in [2.75, 3.05) is 19.1 Å². The molecule has 0 amide bonds. The van der Waals surface area contributed by atoms with E-state index in [1.165, 1.54) is 18.7 Å². The fourth-order valence-electron chi connectivity index (χ4n) is 2.49. The topological polar surface area (TPSA) is 84.7 Å². The number of benzene rings is 1. The van der Waals surface area contributed by atoms with E-state index in [4.69, 9.17) is 27.9 Å². The summed E-state index contributed by atoms with van der Waals surface area (Å²) >= 11 is 12.5. The van der Waals surface area contributed by atoms with Gasteiger partial charge in [-0.1, -0.05) is 29.3 Å². The molecule has 1 N–H and O–H groups in total. The van der Waals surface area contributed by atoms with Gasteiger partial charge in [0, 0.05) is 29.7 Å². The summed E-state index contributed by atoms with van der Waals surface area (Å²) in [4.78, 5) is 29.5. The summed E-state index contributed by atoms with van der Waals surface area (Å²) in [6, 6.07) is 4.77. The van der Waals surface area contributed by atoms with Crippen molar-refractivity contribution in [2.45, 2.75) is 13.0 Å². The van der Waals surface area contributed by atoms with E-state index in [2.05, 4.69) is 4.98 Å². The van der Waals surface area contributed by atoms with Gasteiger partial charge in [-0.2, -0.15) is 0 Å². The molecule has 0 spiro atoms. The fourth-order valence-corrected chi connectivity index (χ4v) is 3.20. The van der Waals surface area contributed by atoms with Crippen LogP contribution < -0.4 is 15.2 Å². The molecule has 0 aliphatic carbocycles. The minimum atomic E-state index is -1.35. The number of aromatic carboxylic acids is 1. The van der Waals surface area contributed by atoms with Crippen molar-refractivity contribution in [3.05, 3.63) is 49.9 Å². The highest BCUT2D eigenvalue weighted by Gasteiger charge is 2.26. The molecular weight excluding hydrogens is 369 g/mol. The third kappa shape index (κ3) is 3.43. The fraction of sp³-hybridized carbons (Fsp3) is 0.312. The molecular formula is C16H17Cl2N3O4. The summed E-state index contributed by atoms with van der Waals surface area (Å²) in [5.41, 5.74) is -0.408. The second kappa shape index (κ2) is 7.33. The molecule has 2 aromatic rings. The summed E-state index contributed by atoms with van der Waals surface area (Å²) in [7, 11) is 4.38. The highest BCUT2D eigenvalue weighted by molar-refractivity contribution is 6.36. The molecule has 25 heavy (non-hydrogen) atoms. The SMILES string of the molecule is COc1c(C(=O)O)nc(N(C)C(C)c2c(Cl)cccc2Cl)n(C)c1=O. The zero-order chi connectivity index (χ0) is 18.9. The smallest absolute Gasteiger partial charge is 0.358 e. The Morgan fingerprint density at radius 2 is 1.92 bits per heavy atom. The first-order valence-electron chi connectivity index (χ1n) is 7.25. The second-order valence-electron chi connectivity index (χ2n) is 5.39. The van der Waals surface area contributed by atoms with E-state index >= 15 is 0 Å². The molecule has 0 radical (unpaired) electrons. The molecule has 0 aliphatic rings. The number of ether oxygens (including phenoxy) is 1.